The average Bonchev–Trinajstić information content (AvgIpc) is 1.56. The Kier molecular flexibility index (Phi) is 68.9. The number of ether oxygens (including phenoxy) is 2. The Morgan fingerprint density at radius 1 is 0.487 bits per heavy atom. The zero-order chi connectivity index (χ0) is 87.3. The molecule has 115 heavy (non-hydrogen) atoms. The maximum absolute atomic E-state index is 13.2. The maximum atomic E-state index is 13.2. The summed E-state index contributed by atoms with van der Waals surface area (Å²) in [5.41, 5.74) is 10.2. The molecule has 654 valence electrons. The Morgan fingerprint density at radius 3 is 1.14 bits per heavy atom. The molecule has 4 heterocycles. The summed E-state index contributed by atoms with van der Waals surface area (Å²) in [5, 5.41) is 13.3. The maximum Gasteiger partial charge on any atom is 0.268 e. The topological polar surface area (TPSA) is 274 Å². The summed E-state index contributed by atoms with van der Waals surface area (Å²) in [6.45, 7) is 6.85. The van der Waals surface area contributed by atoms with E-state index in [2.05, 4.69) is 253 Å². The number of hydrogen-bond acceptors (Lipinski definition) is 11. The average molecular weight is 2460 g/mol. The Morgan fingerprint density at radius 2 is 0.826 bits per heavy atom. The molecule has 9 N–H and O–H groups in total. The predicted octanol–water partition coefficient (Wildman–Crippen LogP) is 30.0. The van der Waals surface area contributed by atoms with Crippen molar-refractivity contribution in [3.8, 4) is 11.5 Å². The lowest BCUT2D eigenvalue weighted by Crippen LogP contribution is -2.57. The Balaban J connectivity index is 0.000000438. The van der Waals surface area contributed by atoms with Crippen molar-refractivity contribution in [2.45, 2.75) is 78.3 Å². The van der Waals surface area contributed by atoms with Gasteiger partial charge in [-0.05, 0) is 245 Å². The number of hydrazine groups is 2. The van der Waals surface area contributed by atoms with Crippen LogP contribution in [0.2, 0.25) is 0 Å². The third-order valence-corrected chi connectivity index (χ3v) is 317. The van der Waals surface area contributed by atoms with Crippen molar-refractivity contribution in [1.29, 1.82) is 0 Å². The van der Waals surface area contributed by atoms with Gasteiger partial charge in [0, 0.05) is 41.4 Å². The molecule has 2 aromatic heterocycles. The normalized spacial score (nSPS) is 16.0. The number of methoxy groups -OCH3 is 2. The van der Waals surface area contributed by atoms with E-state index in [4.69, 9.17) is 44.3 Å². The minimum atomic E-state index is -0.915. The zero-order valence-electron chi connectivity index (χ0n) is 63.4. The monoisotopic (exact) mass is 2460 g/mol. The van der Waals surface area contributed by atoms with Crippen molar-refractivity contribution in [1.82, 2.24) is 52.5 Å². The number of aromatic amines is 2. The fourth-order valence-electron chi connectivity index (χ4n) is 10.3. The van der Waals surface area contributed by atoms with Gasteiger partial charge in [-0.2, -0.15) is 0 Å². The summed E-state index contributed by atoms with van der Waals surface area (Å²) in [6, 6.07) is 12.7. The number of amides is 7. The minimum Gasteiger partial charge on any atom is -0.496 e. The van der Waals surface area contributed by atoms with E-state index in [0.717, 1.165) is 46.1 Å². The van der Waals surface area contributed by atoms with Crippen LogP contribution in [0.3, 0.4) is 0 Å². The van der Waals surface area contributed by atoms with Crippen LogP contribution in [0.5, 0.6) is 11.5 Å². The summed E-state index contributed by atoms with van der Waals surface area (Å²) < 4.78 is 10.7. The first-order chi connectivity index (χ1) is 53.8. The van der Waals surface area contributed by atoms with Crippen LogP contribution in [0, 0.1) is 23.7 Å². The summed E-state index contributed by atoms with van der Waals surface area (Å²) in [6.07, 6.45) is 3.91. The van der Waals surface area contributed by atoms with Crippen LogP contribution in [0.15, 0.2) is 48.5 Å². The molecule has 25 unspecified atom stereocenters. The van der Waals surface area contributed by atoms with Crippen LogP contribution in [-0.4, -0.2) is 126 Å². The van der Waals surface area contributed by atoms with E-state index in [-0.39, 0.29) is 212 Å². The molecule has 2 aliphatic rings. The molecule has 67 heteroatoms. The van der Waals surface area contributed by atoms with Gasteiger partial charge in [-0.3, -0.25) is 54.2 Å². The van der Waals surface area contributed by atoms with Crippen molar-refractivity contribution in [2.24, 2.45) is 23.7 Å². The van der Waals surface area contributed by atoms with Crippen LogP contribution in [0.4, 0.5) is 0 Å². The molecule has 2 fully saturated rings. The Bertz CT molecular complexity index is 3590. The first-order valence-electron chi connectivity index (χ1n) is 33.3. The number of halogens is 3. The third-order valence-electron chi connectivity index (χ3n) is 15.1. The zero-order valence-corrected chi connectivity index (χ0v) is 111. The van der Waals surface area contributed by atoms with Crippen LogP contribution in [0.1, 0.15) is 87.2 Å². The van der Waals surface area contributed by atoms with Gasteiger partial charge in [0.25, 0.3) is 29.5 Å². The molecular formula is C48H111Cl3N10O10P44. The van der Waals surface area contributed by atoms with Gasteiger partial charge >= 0.3 is 0 Å². The highest BCUT2D eigenvalue weighted by molar-refractivity contribution is 9.50. The summed E-state index contributed by atoms with van der Waals surface area (Å²) in [7, 11) is 82.0. The number of aromatic nitrogens is 2. The molecule has 0 saturated carbocycles. The largest absolute Gasteiger partial charge is 0.496 e. The van der Waals surface area contributed by atoms with Gasteiger partial charge in [0.15, 0.2) is 0 Å². The number of alkyl halides is 2. The van der Waals surface area contributed by atoms with Crippen LogP contribution in [-0.2, 0) is 28.8 Å². The number of nitrogens with one attached hydrogen (secondary N) is 9. The van der Waals surface area contributed by atoms with Crippen molar-refractivity contribution in [2.75, 3.05) is 52.2 Å². The fraction of sp³-hybridized carbons (Fsp3) is 0.500. The predicted molar refractivity (Wildman–Crippen MR) is 640 cm³/mol. The van der Waals surface area contributed by atoms with E-state index in [1.807, 2.05) is 58.0 Å². The summed E-state index contributed by atoms with van der Waals surface area (Å²) >= 11 is 15.3. The summed E-state index contributed by atoms with van der Waals surface area (Å²) in [4.78, 5) is 104. The molecule has 0 aliphatic carbocycles. The van der Waals surface area contributed by atoms with Crippen LogP contribution >= 0.6 is 387 Å². The molecule has 0 spiro atoms. The molecular weight excluding hydrogens is 2350 g/mol. The van der Waals surface area contributed by atoms with Gasteiger partial charge in [-0.25, -0.2) is 5.43 Å². The number of H-pyrrole nitrogens is 2. The van der Waals surface area contributed by atoms with Gasteiger partial charge in [0.05, 0.1) is 38.5 Å². The minimum absolute atomic E-state index is 0.00530. The van der Waals surface area contributed by atoms with Crippen molar-refractivity contribution < 1.29 is 47.8 Å². The Hall–Kier alpha value is 12.8. The molecule has 29 atom stereocenters. The highest BCUT2D eigenvalue weighted by Crippen LogP contribution is 3.44. The third kappa shape index (κ3) is 42.0. The molecule has 6 rings (SSSR count). The molecule has 0 radical (unpaired) electrons. The van der Waals surface area contributed by atoms with Gasteiger partial charge in [-0.1, -0.05) is 39.8 Å². The van der Waals surface area contributed by atoms with Gasteiger partial charge in [0.1, 0.15) is 40.9 Å². The number of carbonyl (C=O) groups is 8. The molecule has 2 aliphatic heterocycles. The van der Waals surface area contributed by atoms with E-state index in [1.54, 1.807) is 32.4 Å². The number of rotatable bonds is 39. The van der Waals surface area contributed by atoms with E-state index in [0.29, 0.717) is 56.1 Å². The number of carbonyl (C=O) groups excluding carboxylic acids is 8. The molecule has 20 nitrogen and oxygen atoms in total. The van der Waals surface area contributed by atoms with Crippen LogP contribution in [0.25, 0.3) is 21.8 Å². The van der Waals surface area contributed by atoms with Gasteiger partial charge in [-0.15, -0.1) is 229 Å². The lowest BCUT2D eigenvalue weighted by atomic mass is 9.98. The fourth-order valence-corrected chi connectivity index (χ4v) is 614. The molecule has 2 aromatic carbocycles. The van der Waals surface area contributed by atoms with Gasteiger partial charge < -0.3 is 40.7 Å². The van der Waals surface area contributed by atoms with E-state index in [1.165, 1.54) is 0 Å². The second-order valence-corrected chi connectivity index (χ2v) is 205. The molecule has 4 aromatic rings. The quantitative estimate of drug-likeness (QED) is 0.00877. The van der Waals surface area contributed by atoms with Crippen molar-refractivity contribution in [3.63, 3.8) is 0 Å². The number of fused-ring (bicyclic) bond motifs is 2. The van der Waals surface area contributed by atoms with E-state index >= 15 is 0 Å². The number of piperidine rings is 2. The number of nitrogens with zero attached hydrogens (tertiary/aromatic N) is 1. The second kappa shape index (κ2) is 65.0. The first-order valence-corrected chi connectivity index (χ1v) is 114. The number of hydrogen-bond donors (Lipinski definition) is 9. The smallest absolute Gasteiger partial charge is 0.268 e. The van der Waals surface area contributed by atoms with Crippen molar-refractivity contribution >= 4 is 455 Å². The SMILES string of the molecule is COc1cccc2[nH]c(C(=O)N[C@@H](CC(C)C)C(=O)NN(C[C@@H]3CCCNC3=O)C(=O)CCl)cc12.COc1cccc2[nH]c(C(=O)N[C@@H](CC(C)C)C(=O)NNC[C@@H]3CCCNC3=O)cc12.O=C(Cl)CCl.PP(P)P(P)P(P(P(P)P)P(P)P)P(P(P(P(P)P)P(P)P)P(P(P)P)P(P)P)P(P(P(P)P)P(P)P)P(P(P)P)P(P)P. The molecule has 2 saturated heterocycles. The van der Waals surface area contributed by atoms with Crippen molar-refractivity contribution in [3.05, 3.63) is 59.9 Å². The standard InChI is InChI=1S/C24H32ClN5O5.C22H31N5O4.C2H2Cl2O.H46P44/c1-14(2)10-18(28-23(33)19-11-16-17(27-19)7-4-8-20(16)35-3)24(34)29-30(21(31)12-25)13-15-6-5-9-26-22(15)32;1-13(2)10-17(22(30)27-24-12-14-6-5-9-23-20(14)28)26-21(29)18-11-15-16(25-18)7-4-8-19(15)31-3;3-1-2(4)5;1-24(2)35(23)41(36(25(3)4)26(5)6)44(42(37(27(7)8)28(9)10)38(29(11)12)30(13)14)43(39(31(15)16)32(17)18)40(33(19)20)34(21)22/h4,7-8,11,14-15,18,27H,5-6,9-10,12-13H2,1-3H3,(H,26,32)(H,28,33)(H,29,34);4,7-8,11,13-14,17,24-25H,5-6,9-10,12H2,1-3H3,(H,23,28)(H,26,29)(H,27,30);1H2;1-23H2/t15-,18-;14-,17-;;/m00../s1. The van der Waals surface area contributed by atoms with E-state index in [9.17, 15) is 38.4 Å². The summed E-state index contributed by atoms with van der Waals surface area (Å²) in [5.74, 6) is -1.95. The number of benzene rings is 2. The van der Waals surface area contributed by atoms with E-state index < -0.39 is 41.0 Å². The molecule has 0 bridgehead atoms. The second-order valence-electron chi connectivity index (χ2n) is 24.7. The highest BCUT2D eigenvalue weighted by Gasteiger charge is 2.57. The van der Waals surface area contributed by atoms with Gasteiger partial charge in [0.2, 0.25) is 17.1 Å². The highest BCUT2D eigenvalue weighted by atomic mass is 35.5. The van der Waals surface area contributed by atoms with Crippen LogP contribution < -0.4 is 47.0 Å². The Labute approximate surface area is 773 Å². The lowest BCUT2D eigenvalue weighted by Gasteiger charge is -2.57. The first kappa shape index (κ1) is 122. The molecule has 7 amide bonds. The lowest BCUT2D eigenvalue weighted by molar-refractivity contribution is -0.143.